The molecule has 0 heterocycles. The third-order valence-corrected chi connectivity index (χ3v) is 9.50. The number of carbonyl (C=O) groups excluding carboxylic acids is 2. The van der Waals surface area contributed by atoms with Gasteiger partial charge in [-0.3, -0.25) is 0 Å². The van der Waals surface area contributed by atoms with Crippen molar-refractivity contribution in [1.29, 1.82) is 0 Å². The second-order valence-corrected chi connectivity index (χ2v) is 13.5. The Bertz CT molecular complexity index is 1650. The molecule has 0 atom stereocenters. The number of nitrogens with two attached hydrogens (primary N) is 4. The van der Waals surface area contributed by atoms with E-state index in [2.05, 4.69) is 50.2 Å². The summed E-state index contributed by atoms with van der Waals surface area (Å²) in [6.07, 6.45) is 8.90. The maximum Gasteiger partial charge on any atom is 0.343 e. The number of hydrogen-bond acceptors (Lipinski definition) is 8. The normalized spacial score (nSPS) is 20.5. The Labute approximate surface area is 283 Å². The zero-order valence-electron chi connectivity index (χ0n) is 28.0. The zero-order chi connectivity index (χ0) is 34.2. The predicted octanol–water partition coefficient (Wildman–Crippen LogP) is 8.41. The molecule has 0 aromatic heterocycles. The summed E-state index contributed by atoms with van der Waals surface area (Å²) in [5.41, 5.74) is 29.5. The van der Waals surface area contributed by atoms with Crippen LogP contribution in [0.4, 0.5) is 22.7 Å². The lowest BCUT2D eigenvalue weighted by atomic mass is 9.79. The van der Waals surface area contributed by atoms with Crippen LogP contribution in [0.1, 0.15) is 108 Å². The fourth-order valence-corrected chi connectivity index (χ4v) is 6.73. The van der Waals surface area contributed by atoms with Crippen molar-refractivity contribution < 1.29 is 19.1 Å². The van der Waals surface area contributed by atoms with E-state index >= 15 is 0 Å². The van der Waals surface area contributed by atoms with Crippen LogP contribution < -0.4 is 27.7 Å². The summed E-state index contributed by atoms with van der Waals surface area (Å²) >= 11 is 0. The smallest absolute Gasteiger partial charge is 0.343 e. The van der Waals surface area contributed by atoms with Crippen molar-refractivity contribution >= 4 is 34.7 Å². The number of rotatable bonds is 6. The lowest BCUT2D eigenvalue weighted by Crippen LogP contribution is -2.24. The van der Waals surface area contributed by atoms with Gasteiger partial charge in [0.25, 0.3) is 0 Å². The molecule has 4 aromatic rings. The molecule has 0 saturated heterocycles. The standard InChI is InChI=1S/2C20H24N2O2/c2*1-13-2-4-14(5-3-13)15-6-8-19(9-7-15)24-20(23)16-10-17(21)12-18(22)11-16/h6-14H,2-5,21-22H2,1H3;2-5,10-12,15,19H,6-9,21-22H2,1H3. The third kappa shape index (κ3) is 9.53. The molecule has 252 valence electrons. The van der Waals surface area contributed by atoms with E-state index < -0.39 is 5.97 Å². The zero-order valence-corrected chi connectivity index (χ0v) is 28.0. The Hall–Kier alpha value is -4.98. The molecular weight excluding hydrogens is 600 g/mol. The molecule has 0 unspecified atom stereocenters. The number of anilines is 4. The first-order chi connectivity index (χ1) is 23.0. The highest BCUT2D eigenvalue weighted by Gasteiger charge is 2.25. The quantitative estimate of drug-likeness (QED) is 0.0922. The predicted molar refractivity (Wildman–Crippen MR) is 194 cm³/mol. The molecule has 0 aliphatic heterocycles. The van der Waals surface area contributed by atoms with Gasteiger partial charge in [0.05, 0.1) is 11.1 Å². The minimum Gasteiger partial charge on any atom is -0.459 e. The van der Waals surface area contributed by atoms with Gasteiger partial charge in [-0.05, 0) is 123 Å². The van der Waals surface area contributed by atoms with Crippen LogP contribution in [0.15, 0.2) is 84.9 Å². The molecule has 4 aromatic carbocycles. The summed E-state index contributed by atoms with van der Waals surface area (Å²) in [7, 11) is 0. The number of hydrogen-bond donors (Lipinski definition) is 4. The van der Waals surface area contributed by atoms with Crippen molar-refractivity contribution in [3.63, 3.8) is 0 Å². The Morgan fingerprint density at radius 1 is 0.562 bits per heavy atom. The van der Waals surface area contributed by atoms with Crippen LogP contribution in [0.3, 0.4) is 0 Å². The van der Waals surface area contributed by atoms with Crippen LogP contribution in [-0.2, 0) is 4.74 Å². The molecule has 8 N–H and O–H groups in total. The lowest BCUT2D eigenvalue weighted by molar-refractivity contribution is 0.0195. The first kappa shape index (κ1) is 34.4. The van der Waals surface area contributed by atoms with Crippen molar-refractivity contribution in [2.75, 3.05) is 22.9 Å². The molecule has 0 radical (unpaired) electrons. The number of nitrogen functional groups attached to an aromatic ring is 4. The maximum absolute atomic E-state index is 12.3. The Morgan fingerprint density at radius 2 is 0.979 bits per heavy atom. The van der Waals surface area contributed by atoms with Gasteiger partial charge in [0, 0.05) is 22.7 Å². The van der Waals surface area contributed by atoms with Gasteiger partial charge < -0.3 is 32.4 Å². The Kier molecular flexibility index (Phi) is 11.3. The van der Waals surface area contributed by atoms with Crippen molar-refractivity contribution in [3.8, 4) is 5.75 Å². The molecule has 0 amide bonds. The van der Waals surface area contributed by atoms with Crippen molar-refractivity contribution in [2.24, 2.45) is 5.92 Å². The molecular formula is C40H48N4O4. The molecule has 48 heavy (non-hydrogen) atoms. The maximum atomic E-state index is 12.3. The van der Waals surface area contributed by atoms with Crippen LogP contribution >= 0.6 is 0 Å². The molecule has 2 saturated carbocycles. The van der Waals surface area contributed by atoms with Crippen molar-refractivity contribution in [1.82, 2.24) is 0 Å². The van der Waals surface area contributed by atoms with E-state index in [0.29, 0.717) is 51.5 Å². The summed E-state index contributed by atoms with van der Waals surface area (Å²) in [4.78, 5) is 24.5. The summed E-state index contributed by atoms with van der Waals surface area (Å²) in [6.45, 7) is 4.42. The van der Waals surface area contributed by atoms with E-state index in [1.807, 2.05) is 12.1 Å². The van der Waals surface area contributed by atoms with Gasteiger partial charge in [0.1, 0.15) is 11.9 Å². The second kappa shape index (κ2) is 15.7. The minimum absolute atomic E-state index is 0.0261. The number of carbonyl (C=O) groups is 2. The van der Waals surface area contributed by atoms with E-state index in [1.54, 1.807) is 36.4 Å². The Morgan fingerprint density at radius 3 is 1.46 bits per heavy atom. The summed E-state index contributed by atoms with van der Waals surface area (Å²) < 4.78 is 11.1. The van der Waals surface area contributed by atoms with Gasteiger partial charge in [-0.25, -0.2) is 9.59 Å². The summed E-state index contributed by atoms with van der Waals surface area (Å²) in [5.74, 6) is 1.77. The summed E-state index contributed by atoms with van der Waals surface area (Å²) in [5, 5.41) is 0. The first-order valence-electron chi connectivity index (χ1n) is 16.9. The second-order valence-electron chi connectivity index (χ2n) is 13.5. The van der Waals surface area contributed by atoms with Crippen molar-refractivity contribution in [2.45, 2.75) is 83.2 Å². The van der Waals surface area contributed by atoms with E-state index in [4.69, 9.17) is 32.4 Å². The van der Waals surface area contributed by atoms with Gasteiger partial charge >= 0.3 is 11.9 Å². The van der Waals surface area contributed by atoms with Gasteiger partial charge in [0.2, 0.25) is 0 Å². The molecule has 2 aliphatic rings. The minimum atomic E-state index is -0.451. The topological polar surface area (TPSA) is 157 Å². The lowest BCUT2D eigenvalue weighted by Gasteiger charge is -2.28. The van der Waals surface area contributed by atoms with E-state index in [1.165, 1.54) is 42.4 Å². The molecule has 6 rings (SSSR count). The van der Waals surface area contributed by atoms with Crippen LogP contribution in [0, 0.1) is 12.8 Å². The van der Waals surface area contributed by atoms with E-state index in [0.717, 1.165) is 31.6 Å². The molecule has 2 fully saturated rings. The highest BCUT2D eigenvalue weighted by atomic mass is 16.5. The fourth-order valence-electron chi connectivity index (χ4n) is 6.73. The first-order valence-corrected chi connectivity index (χ1v) is 16.9. The molecule has 2 aliphatic carbocycles. The highest BCUT2D eigenvalue weighted by molar-refractivity contribution is 5.93. The van der Waals surface area contributed by atoms with Gasteiger partial charge in [0.15, 0.2) is 0 Å². The molecule has 0 bridgehead atoms. The average Bonchev–Trinajstić information content (AvgIpc) is 3.06. The van der Waals surface area contributed by atoms with Gasteiger partial charge in [-0.1, -0.05) is 61.7 Å². The highest BCUT2D eigenvalue weighted by Crippen LogP contribution is 2.36. The SMILES string of the molecule is CC1CCC(c2ccc(OC(=O)c3cc(N)cc(N)c3)cc2)CC1.Cc1ccc(C2CCC(OC(=O)c3cc(N)cc(N)c3)CC2)cc1. The number of benzene rings is 4. The molecule has 8 heteroatoms. The number of ether oxygens (including phenoxy) is 2. The van der Waals surface area contributed by atoms with Crippen LogP contribution in [0.5, 0.6) is 5.75 Å². The average molecular weight is 649 g/mol. The summed E-state index contributed by atoms with van der Waals surface area (Å²) in [6, 6.07) is 26.2. The fraction of sp³-hybridized carbons (Fsp3) is 0.350. The van der Waals surface area contributed by atoms with E-state index in [9.17, 15) is 9.59 Å². The van der Waals surface area contributed by atoms with Crippen molar-refractivity contribution in [3.05, 3.63) is 113 Å². The largest absolute Gasteiger partial charge is 0.459 e. The number of esters is 2. The third-order valence-electron chi connectivity index (χ3n) is 9.50. The van der Waals surface area contributed by atoms with Crippen LogP contribution in [0.2, 0.25) is 0 Å². The Balaban J connectivity index is 0.000000188. The van der Waals surface area contributed by atoms with Crippen LogP contribution in [-0.4, -0.2) is 18.0 Å². The molecule has 0 spiro atoms. The van der Waals surface area contributed by atoms with Gasteiger partial charge in [-0.15, -0.1) is 0 Å². The monoisotopic (exact) mass is 648 g/mol. The molecule has 8 nitrogen and oxygen atoms in total. The van der Waals surface area contributed by atoms with Gasteiger partial charge in [-0.2, -0.15) is 0 Å². The van der Waals surface area contributed by atoms with E-state index in [-0.39, 0.29) is 12.1 Å². The number of aryl methyl sites for hydroxylation is 1. The van der Waals surface area contributed by atoms with Crippen LogP contribution in [0.25, 0.3) is 0 Å².